The lowest BCUT2D eigenvalue weighted by molar-refractivity contribution is -0.274. The van der Waals surface area contributed by atoms with Gasteiger partial charge in [0.2, 0.25) is 0 Å². The van der Waals surface area contributed by atoms with Crippen molar-refractivity contribution in [2.45, 2.75) is 19.2 Å². The molecule has 1 aromatic carbocycles. The molecule has 0 aliphatic carbocycles. The molecule has 1 radical (unpaired) electrons. The van der Waals surface area contributed by atoms with Gasteiger partial charge in [-0.2, -0.15) is 0 Å². The van der Waals surface area contributed by atoms with Gasteiger partial charge in [0.1, 0.15) is 5.75 Å². The predicted molar refractivity (Wildman–Crippen MR) is 47.9 cm³/mol. The number of ether oxygens (including phenoxy) is 1. The van der Waals surface area contributed by atoms with Crippen molar-refractivity contribution in [3.8, 4) is 5.75 Å². The summed E-state index contributed by atoms with van der Waals surface area (Å²) in [5, 5.41) is 8.41. The molecule has 0 bridgehead atoms. The fourth-order valence-electron chi connectivity index (χ4n) is 1.08. The highest BCUT2D eigenvalue weighted by Crippen LogP contribution is 2.23. The quantitative estimate of drug-likeness (QED) is 0.868. The third-order valence-corrected chi connectivity index (χ3v) is 1.69. The van der Waals surface area contributed by atoms with E-state index in [0.717, 1.165) is 6.07 Å². The van der Waals surface area contributed by atoms with Crippen LogP contribution in [0.15, 0.2) is 18.2 Å². The first-order valence-corrected chi connectivity index (χ1v) is 4.35. The Hall–Kier alpha value is -1.72. The maximum Gasteiger partial charge on any atom is 0.573 e. The van der Waals surface area contributed by atoms with E-state index >= 15 is 0 Å². The summed E-state index contributed by atoms with van der Waals surface area (Å²) in [6, 6.07) is 6.14. The first kappa shape index (κ1) is 12.4. The van der Waals surface area contributed by atoms with Gasteiger partial charge in [-0.1, -0.05) is 12.1 Å². The minimum absolute atomic E-state index is 0.143. The maximum absolute atomic E-state index is 11.9. The Morgan fingerprint density at radius 2 is 2.19 bits per heavy atom. The van der Waals surface area contributed by atoms with Gasteiger partial charge in [-0.25, -0.2) is 0 Å². The van der Waals surface area contributed by atoms with Crippen molar-refractivity contribution < 1.29 is 27.8 Å². The monoisotopic (exact) mass is 233 g/mol. The molecule has 0 aromatic heterocycles. The highest BCUT2D eigenvalue weighted by molar-refractivity contribution is 5.67. The first-order chi connectivity index (χ1) is 7.37. The van der Waals surface area contributed by atoms with Crippen LogP contribution in [0.4, 0.5) is 13.2 Å². The molecule has 0 heterocycles. The van der Waals surface area contributed by atoms with E-state index in [0.29, 0.717) is 5.56 Å². The lowest BCUT2D eigenvalue weighted by atomic mass is 10.1. The van der Waals surface area contributed by atoms with Crippen molar-refractivity contribution in [3.63, 3.8) is 0 Å². The fourth-order valence-corrected chi connectivity index (χ4v) is 1.08. The van der Waals surface area contributed by atoms with Gasteiger partial charge >= 0.3 is 12.3 Å². The molecule has 0 aliphatic rings. The fraction of sp³-hybridized carbons (Fsp3) is 0.300. The van der Waals surface area contributed by atoms with Crippen LogP contribution in [0.3, 0.4) is 0 Å². The third-order valence-electron chi connectivity index (χ3n) is 1.69. The summed E-state index contributed by atoms with van der Waals surface area (Å²) in [5.74, 6) is -1.47. The van der Waals surface area contributed by atoms with E-state index in [-0.39, 0.29) is 12.8 Å². The predicted octanol–water partition coefficient (Wildman–Crippen LogP) is 2.40. The molecule has 87 valence electrons. The third kappa shape index (κ3) is 4.68. The second kappa shape index (κ2) is 4.87. The smallest absolute Gasteiger partial charge is 0.481 e. The lowest BCUT2D eigenvalue weighted by Crippen LogP contribution is -2.17. The summed E-state index contributed by atoms with van der Waals surface area (Å²) < 4.78 is 39.2. The van der Waals surface area contributed by atoms with E-state index in [2.05, 4.69) is 10.8 Å². The van der Waals surface area contributed by atoms with E-state index < -0.39 is 18.1 Å². The van der Waals surface area contributed by atoms with Crippen LogP contribution in [0, 0.1) is 6.07 Å². The molecule has 1 rings (SSSR count). The number of rotatable bonds is 4. The van der Waals surface area contributed by atoms with Gasteiger partial charge in [-0.15, -0.1) is 13.2 Å². The number of alkyl halides is 3. The summed E-state index contributed by atoms with van der Waals surface area (Å²) in [7, 11) is 0. The Kier molecular flexibility index (Phi) is 3.76. The maximum atomic E-state index is 11.9. The number of aryl methyl sites for hydroxylation is 1. The van der Waals surface area contributed by atoms with Crippen LogP contribution in [0.25, 0.3) is 0 Å². The number of carboxylic acids is 1. The number of benzene rings is 1. The number of carbonyl (C=O) groups is 1. The van der Waals surface area contributed by atoms with Crippen LogP contribution in [0.2, 0.25) is 0 Å². The molecule has 0 spiro atoms. The standard InChI is InChI=1S/C10H8F3O3/c11-10(12,13)16-8-3-1-2-7(6-8)4-5-9(14)15/h1-2,6H,4-5H2,(H,14,15). The number of aliphatic carboxylic acids is 1. The Morgan fingerprint density at radius 1 is 1.50 bits per heavy atom. The van der Waals surface area contributed by atoms with Crippen molar-refractivity contribution in [1.82, 2.24) is 0 Å². The van der Waals surface area contributed by atoms with E-state index in [9.17, 15) is 18.0 Å². The normalized spacial score (nSPS) is 11.2. The highest BCUT2D eigenvalue weighted by atomic mass is 19.4. The Labute approximate surface area is 89.5 Å². The molecule has 0 saturated heterocycles. The van der Waals surface area contributed by atoms with Crippen LogP contribution in [0.1, 0.15) is 12.0 Å². The number of hydrogen-bond donors (Lipinski definition) is 1. The molecule has 16 heavy (non-hydrogen) atoms. The van der Waals surface area contributed by atoms with E-state index in [1.54, 1.807) is 0 Å². The first-order valence-electron chi connectivity index (χ1n) is 4.35. The average Bonchev–Trinajstić information content (AvgIpc) is 2.12. The topological polar surface area (TPSA) is 46.5 Å². The second-order valence-electron chi connectivity index (χ2n) is 3.00. The molecule has 0 amide bonds. The average molecular weight is 233 g/mol. The lowest BCUT2D eigenvalue weighted by Gasteiger charge is -2.09. The summed E-state index contributed by atoms with van der Waals surface area (Å²) >= 11 is 0. The van der Waals surface area contributed by atoms with Gasteiger partial charge in [0, 0.05) is 12.5 Å². The molecular formula is C10H8F3O3. The largest absolute Gasteiger partial charge is 0.573 e. The van der Waals surface area contributed by atoms with Gasteiger partial charge in [0.05, 0.1) is 0 Å². The van der Waals surface area contributed by atoms with Crippen LogP contribution in [0.5, 0.6) is 5.75 Å². The van der Waals surface area contributed by atoms with Gasteiger partial charge < -0.3 is 9.84 Å². The van der Waals surface area contributed by atoms with Crippen LogP contribution in [-0.2, 0) is 11.2 Å². The van der Waals surface area contributed by atoms with E-state index in [1.807, 2.05) is 0 Å². The minimum Gasteiger partial charge on any atom is -0.481 e. The summed E-state index contributed by atoms with van der Waals surface area (Å²) in [6.45, 7) is 0. The van der Waals surface area contributed by atoms with Crippen molar-refractivity contribution in [1.29, 1.82) is 0 Å². The molecule has 1 aromatic rings. The molecule has 0 atom stereocenters. The summed E-state index contributed by atoms with van der Waals surface area (Å²) in [4.78, 5) is 10.3. The highest BCUT2D eigenvalue weighted by Gasteiger charge is 2.31. The van der Waals surface area contributed by atoms with Crippen molar-refractivity contribution in [3.05, 3.63) is 29.8 Å². The molecule has 0 aliphatic heterocycles. The van der Waals surface area contributed by atoms with Crippen molar-refractivity contribution >= 4 is 5.97 Å². The summed E-state index contributed by atoms with van der Waals surface area (Å²) in [6.07, 6.45) is -4.75. The Morgan fingerprint density at radius 3 is 2.75 bits per heavy atom. The van der Waals surface area contributed by atoms with Crippen LogP contribution >= 0.6 is 0 Å². The zero-order valence-electron chi connectivity index (χ0n) is 8.04. The van der Waals surface area contributed by atoms with Crippen molar-refractivity contribution in [2.24, 2.45) is 0 Å². The van der Waals surface area contributed by atoms with Gasteiger partial charge in [-0.05, 0) is 18.1 Å². The van der Waals surface area contributed by atoms with Crippen LogP contribution in [-0.4, -0.2) is 17.4 Å². The second-order valence-corrected chi connectivity index (χ2v) is 3.00. The Balaban J connectivity index is 2.67. The van der Waals surface area contributed by atoms with E-state index in [1.165, 1.54) is 12.1 Å². The zero-order chi connectivity index (χ0) is 12.2. The Bertz CT molecular complexity index is 374. The van der Waals surface area contributed by atoms with Crippen molar-refractivity contribution in [2.75, 3.05) is 0 Å². The van der Waals surface area contributed by atoms with Gasteiger partial charge in [-0.3, -0.25) is 4.79 Å². The number of hydrogen-bond acceptors (Lipinski definition) is 2. The van der Waals surface area contributed by atoms with E-state index in [4.69, 9.17) is 5.11 Å². The number of halogens is 3. The molecule has 6 heteroatoms. The SMILES string of the molecule is O=C(O)CCc1cc[c]c(OC(F)(F)F)c1. The van der Waals surface area contributed by atoms with Gasteiger partial charge in [0.25, 0.3) is 0 Å². The number of carboxylic acid groups (broad SMARTS) is 1. The molecule has 0 unspecified atom stereocenters. The van der Waals surface area contributed by atoms with Gasteiger partial charge in [0.15, 0.2) is 0 Å². The minimum atomic E-state index is -4.76. The zero-order valence-corrected chi connectivity index (χ0v) is 8.04. The molecule has 1 N–H and O–H groups in total. The molecule has 3 nitrogen and oxygen atoms in total. The summed E-state index contributed by atoms with van der Waals surface area (Å²) in [5.41, 5.74) is 0.459. The van der Waals surface area contributed by atoms with Crippen LogP contribution < -0.4 is 4.74 Å². The molecule has 0 fully saturated rings. The molecular weight excluding hydrogens is 225 g/mol. The molecule has 0 saturated carbocycles.